The van der Waals surface area contributed by atoms with E-state index < -0.39 is 0 Å². The van der Waals surface area contributed by atoms with Gasteiger partial charge >= 0.3 is 0 Å². The molecule has 1 N–H and O–H groups in total. The van der Waals surface area contributed by atoms with Gasteiger partial charge in [-0.15, -0.1) is 0 Å². The molecule has 1 aromatic rings. The molecule has 0 saturated carbocycles. The van der Waals surface area contributed by atoms with E-state index in [1.165, 1.54) is 5.56 Å². The van der Waals surface area contributed by atoms with Gasteiger partial charge < -0.3 is 9.80 Å². The average molecular weight is 289 g/mol. The van der Waals surface area contributed by atoms with Crippen LogP contribution in [-0.4, -0.2) is 36.6 Å². The van der Waals surface area contributed by atoms with Crippen molar-refractivity contribution in [3.63, 3.8) is 0 Å². The molecular formula is C18H29N2O+. The van der Waals surface area contributed by atoms with Crippen LogP contribution in [0.5, 0.6) is 0 Å². The summed E-state index contributed by atoms with van der Waals surface area (Å²) in [5.41, 5.74) is 1.96. The molecule has 0 heterocycles. The quantitative estimate of drug-likeness (QED) is 0.422. The summed E-state index contributed by atoms with van der Waals surface area (Å²) in [5, 5.41) is 2.92. The van der Waals surface area contributed by atoms with Gasteiger partial charge in [-0.25, -0.2) is 0 Å². The lowest BCUT2D eigenvalue weighted by atomic mass is 10.1. The van der Waals surface area contributed by atoms with E-state index in [0.29, 0.717) is 5.57 Å². The zero-order valence-corrected chi connectivity index (χ0v) is 13.7. The summed E-state index contributed by atoms with van der Waals surface area (Å²) in [6, 6.07) is 10.6. The lowest BCUT2D eigenvalue weighted by Gasteiger charge is -2.37. The number of carbonyl (C=O) groups is 1. The van der Waals surface area contributed by atoms with Crippen LogP contribution in [0.2, 0.25) is 0 Å². The molecule has 3 nitrogen and oxygen atoms in total. The van der Waals surface area contributed by atoms with Gasteiger partial charge in [0.05, 0.1) is 19.6 Å². The first-order valence-electron chi connectivity index (χ1n) is 7.85. The van der Waals surface area contributed by atoms with Crippen molar-refractivity contribution in [1.82, 2.24) is 5.32 Å². The Balaban J connectivity index is 2.52. The van der Waals surface area contributed by atoms with Gasteiger partial charge in [0.2, 0.25) is 5.91 Å². The SMILES string of the molecule is C=C(C)C(=O)NCCC[N+](CC)(CC)Cc1ccccc1. The van der Waals surface area contributed by atoms with Crippen LogP contribution in [0.1, 0.15) is 32.8 Å². The molecule has 3 heteroatoms. The van der Waals surface area contributed by atoms with Crippen LogP contribution >= 0.6 is 0 Å². The van der Waals surface area contributed by atoms with Crippen LogP contribution < -0.4 is 5.32 Å². The molecule has 0 fully saturated rings. The number of carbonyl (C=O) groups excluding carboxylic acids is 1. The van der Waals surface area contributed by atoms with Crippen molar-refractivity contribution < 1.29 is 9.28 Å². The minimum Gasteiger partial charge on any atom is -0.352 e. The molecule has 1 amide bonds. The van der Waals surface area contributed by atoms with Crippen LogP contribution in [0.3, 0.4) is 0 Å². The van der Waals surface area contributed by atoms with E-state index in [2.05, 4.69) is 56.1 Å². The van der Waals surface area contributed by atoms with E-state index in [-0.39, 0.29) is 5.91 Å². The minimum atomic E-state index is -0.0378. The Bertz CT molecular complexity index is 450. The molecule has 21 heavy (non-hydrogen) atoms. The standard InChI is InChI=1S/C18H28N2O/c1-5-20(6-2,15-17-11-8-7-9-12-17)14-10-13-19-18(21)16(3)4/h7-9,11-12H,3,5-6,10,13-15H2,1-2,4H3/p+1. The lowest BCUT2D eigenvalue weighted by molar-refractivity contribution is -0.937. The number of benzene rings is 1. The van der Waals surface area contributed by atoms with Gasteiger partial charge in [-0.2, -0.15) is 0 Å². The van der Waals surface area contributed by atoms with Gasteiger partial charge in [-0.1, -0.05) is 36.9 Å². The van der Waals surface area contributed by atoms with Crippen LogP contribution in [0, 0.1) is 0 Å². The van der Waals surface area contributed by atoms with Gasteiger partial charge in [-0.3, -0.25) is 4.79 Å². The Morgan fingerprint density at radius 2 is 1.81 bits per heavy atom. The van der Waals surface area contributed by atoms with Gasteiger partial charge in [0.1, 0.15) is 6.54 Å². The number of nitrogens with one attached hydrogen (secondary N) is 1. The fraction of sp³-hybridized carbons (Fsp3) is 0.500. The molecule has 116 valence electrons. The van der Waals surface area contributed by atoms with E-state index in [9.17, 15) is 4.79 Å². The average Bonchev–Trinajstić information content (AvgIpc) is 2.51. The molecular weight excluding hydrogens is 260 g/mol. The Labute approximate surface area is 129 Å². The van der Waals surface area contributed by atoms with Crippen molar-refractivity contribution in [2.24, 2.45) is 0 Å². The van der Waals surface area contributed by atoms with Crippen LogP contribution in [0.15, 0.2) is 42.5 Å². The Morgan fingerprint density at radius 3 is 2.33 bits per heavy atom. The third-order valence-corrected chi connectivity index (χ3v) is 4.18. The highest BCUT2D eigenvalue weighted by molar-refractivity contribution is 5.91. The first-order chi connectivity index (χ1) is 10.0. The van der Waals surface area contributed by atoms with E-state index in [0.717, 1.165) is 43.6 Å². The third-order valence-electron chi connectivity index (χ3n) is 4.18. The maximum absolute atomic E-state index is 11.5. The summed E-state index contributed by atoms with van der Waals surface area (Å²) in [6.45, 7) is 15.0. The van der Waals surface area contributed by atoms with Crippen molar-refractivity contribution in [3.8, 4) is 0 Å². The monoisotopic (exact) mass is 289 g/mol. The van der Waals surface area contributed by atoms with Crippen LogP contribution in [-0.2, 0) is 11.3 Å². The number of nitrogens with zero attached hydrogens (tertiary/aromatic N) is 1. The first-order valence-corrected chi connectivity index (χ1v) is 7.85. The Morgan fingerprint density at radius 1 is 1.19 bits per heavy atom. The minimum absolute atomic E-state index is 0.0378. The van der Waals surface area contributed by atoms with Gasteiger partial charge in [0, 0.05) is 24.1 Å². The topological polar surface area (TPSA) is 29.1 Å². The normalized spacial score (nSPS) is 11.2. The Kier molecular flexibility index (Phi) is 7.17. The first kappa shape index (κ1) is 17.4. The predicted octanol–water partition coefficient (Wildman–Crippen LogP) is 3.13. The molecule has 0 atom stereocenters. The molecule has 1 aromatic carbocycles. The molecule has 0 spiro atoms. The largest absolute Gasteiger partial charge is 0.352 e. The highest BCUT2D eigenvalue weighted by atomic mass is 16.1. The summed E-state index contributed by atoms with van der Waals surface area (Å²) in [7, 11) is 0. The second-order valence-corrected chi connectivity index (χ2v) is 5.73. The number of rotatable bonds is 9. The molecule has 0 aromatic heterocycles. The zero-order valence-electron chi connectivity index (χ0n) is 13.7. The summed E-state index contributed by atoms with van der Waals surface area (Å²) in [4.78, 5) is 11.5. The van der Waals surface area contributed by atoms with Gasteiger partial charge in [0.25, 0.3) is 0 Å². The molecule has 1 rings (SSSR count). The van der Waals surface area contributed by atoms with E-state index in [1.54, 1.807) is 6.92 Å². The highest BCUT2D eigenvalue weighted by Crippen LogP contribution is 2.15. The number of amides is 1. The van der Waals surface area contributed by atoms with Crippen molar-refractivity contribution in [2.75, 3.05) is 26.2 Å². The van der Waals surface area contributed by atoms with Gasteiger partial charge in [-0.05, 0) is 20.8 Å². The maximum atomic E-state index is 11.5. The van der Waals surface area contributed by atoms with Crippen LogP contribution in [0.25, 0.3) is 0 Å². The van der Waals surface area contributed by atoms with Crippen molar-refractivity contribution in [2.45, 2.75) is 33.7 Å². The van der Waals surface area contributed by atoms with E-state index in [1.807, 2.05) is 0 Å². The molecule has 0 aliphatic heterocycles. The predicted molar refractivity (Wildman–Crippen MR) is 88.8 cm³/mol. The van der Waals surface area contributed by atoms with Crippen molar-refractivity contribution in [3.05, 3.63) is 48.0 Å². The summed E-state index contributed by atoms with van der Waals surface area (Å²) < 4.78 is 1.06. The Hall–Kier alpha value is -1.61. The van der Waals surface area contributed by atoms with Gasteiger partial charge in [0.15, 0.2) is 0 Å². The molecule has 0 bridgehead atoms. The third kappa shape index (κ3) is 5.72. The fourth-order valence-corrected chi connectivity index (χ4v) is 2.58. The van der Waals surface area contributed by atoms with Crippen molar-refractivity contribution in [1.29, 1.82) is 0 Å². The molecule has 0 unspecified atom stereocenters. The lowest BCUT2D eigenvalue weighted by Crippen LogP contribution is -2.48. The number of quaternary nitrogens is 1. The van der Waals surface area contributed by atoms with E-state index in [4.69, 9.17) is 0 Å². The van der Waals surface area contributed by atoms with Crippen LogP contribution in [0.4, 0.5) is 0 Å². The number of hydrogen-bond donors (Lipinski definition) is 1. The molecule has 0 aliphatic rings. The molecule has 0 radical (unpaired) electrons. The summed E-state index contributed by atoms with van der Waals surface area (Å²) in [5.74, 6) is -0.0378. The number of hydrogen-bond acceptors (Lipinski definition) is 1. The summed E-state index contributed by atoms with van der Waals surface area (Å²) in [6.07, 6.45) is 0.994. The molecule has 0 aliphatic carbocycles. The summed E-state index contributed by atoms with van der Waals surface area (Å²) >= 11 is 0. The molecule has 0 saturated heterocycles. The smallest absolute Gasteiger partial charge is 0.246 e. The fourth-order valence-electron chi connectivity index (χ4n) is 2.58. The van der Waals surface area contributed by atoms with Crippen molar-refractivity contribution >= 4 is 5.91 Å². The zero-order chi connectivity index (χ0) is 15.7. The van der Waals surface area contributed by atoms with E-state index >= 15 is 0 Å². The maximum Gasteiger partial charge on any atom is 0.246 e. The highest BCUT2D eigenvalue weighted by Gasteiger charge is 2.23. The second-order valence-electron chi connectivity index (χ2n) is 5.73. The second kappa shape index (κ2) is 8.63.